The summed E-state index contributed by atoms with van der Waals surface area (Å²) in [6, 6.07) is 10.7. The molecule has 0 unspecified atom stereocenters. The zero-order valence-corrected chi connectivity index (χ0v) is 26.4. The first kappa shape index (κ1) is 34.4. The number of hydrogen-bond donors (Lipinski definition) is 2. The molecule has 232 valence electrons. The van der Waals surface area contributed by atoms with Gasteiger partial charge >= 0.3 is 15.6 Å². The third kappa shape index (κ3) is 9.47. The smallest absolute Gasteiger partial charge is 0.492 e. The van der Waals surface area contributed by atoms with E-state index in [0.717, 1.165) is 38.8 Å². The van der Waals surface area contributed by atoms with Crippen LogP contribution < -0.4 is 9.92 Å². The minimum atomic E-state index is -5.72. The lowest BCUT2D eigenvalue weighted by Gasteiger charge is -2.07. The summed E-state index contributed by atoms with van der Waals surface area (Å²) in [5, 5.41) is 10.6. The van der Waals surface area contributed by atoms with Gasteiger partial charge in [0.2, 0.25) is 11.8 Å². The van der Waals surface area contributed by atoms with Gasteiger partial charge in [-0.25, -0.2) is 9.97 Å². The normalized spacial score (nSPS) is 11.0. The minimum Gasteiger partial charge on any atom is -0.492 e. The maximum Gasteiger partial charge on any atom is 0.534 e. The lowest BCUT2D eigenvalue weighted by Crippen LogP contribution is -2.28. The number of pyridine rings is 3. The predicted molar refractivity (Wildman–Crippen MR) is 167 cm³/mol. The molecule has 10 nitrogen and oxygen atoms in total. The Hall–Kier alpha value is -4.06. The Morgan fingerprint density at radius 2 is 1.39 bits per heavy atom. The standard InChI is InChI=1S/C11H9F3N2O3S2.C10H10N2OS.C6H6N2S/c1-2-8-9(19-21(17,18)11(12,13)14)16-10(20-8)7-4-3-5-15-6-7;1-2-8-9(13)12-10(14-8)7-4-3-5-11-6-7;7-6(9)5-2-1-3-8-4-5/h3-6H,2H2,1H3;3-6,13H,2H2,1H3;1-4H,(H2,7,9). The van der Waals surface area contributed by atoms with Crippen LogP contribution >= 0.6 is 34.9 Å². The number of hydrogen-bond acceptors (Lipinski definition) is 12. The Morgan fingerprint density at radius 1 is 0.886 bits per heavy atom. The summed E-state index contributed by atoms with van der Waals surface area (Å²) in [4.78, 5) is 21.2. The molecule has 0 aliphatic carbocycles. The molecule has 5 heterocycles. The molecular weight excluding hydrogens is 658 g/mol. The molecule has 5 rings (SSSR count). The van der Waals surface area contributed by atoms with Crippen LogP contribution in [0.25, 0.3) is 21.1 Å². The number of rotatable bonds is 7. The molecule has 3 N–H and O–H groups in total. The first-order chi connectivity index (χ1) is 20.9. The summed E-state index contributed by atoms with van der Waals surface area (Å²) in [6.07, 6.45) is 10.9. The van der Waals surface area contributed by atoms with Crippen LogP contribution in [0.4, 0.5) is 13.2 Å². The Labute approximate surface area is 264 Å². The number of halogens is 3. The van der Waals surface area contributed by atoms with Crippen molar-refractivity contribution in [3.63, 3.8) is 0 Å². The van der Waals surface area contributed by atoms with Crippen molar-refractivity contribution in [1.29, 1.82) is 0 Å². The minimum absolute atomic E-state index is 0.149. The number of thiazole rings is 2. The summed E-state index contributed by atoms with van der Waals surface area (Å²) < 4.78 is 63.2. The molecule has 0 amide bonds. The van der Waals surface area contributed by atoms with Crippen LogP contribution in [0, 0.1) is 0 Å². The van der Waals surface area contributed by atoms with E-state index < -0.39 is 21.5 Å². The van der Waals surface area contributed by atoms with Crippen molar-refractivity contribution < 1.29 is 30.9 Å². The maximum atomic E-state index is 12.3. The largest absolute Gasteiger partial charge is 0.534 e. The van der Waals surface area contributed by atoms with Crippen LogP contribution in [0.3, 0.4) is 0 Å². The highest BCUT2D eigenvalue weighted by Crippen LogP contribution is 2.35. The Bertz CT molecular complexity index is 1750. The van der Waals surface area contributed by atoms with E-state index in [0.29, 0.717) is 26.9 Å². The van der Waals surface area contributed by atoms with E-state index in [4.69, 9.17) is 18.0 Å². The molecule has 5 aromatic heterocycles. The third-order valence-corrected chi connectivity index (χ3v) is 8.86. The molecule has 0 fully saturated rings. The van der Waals surface area contributed by atoms with Crippen molar-refractivity contribution in [3.8, 4) is 32.9 Å². The van der Waals surface area contributed by atoms with Crippen molar-refractivity contribution in [3.05, 3.63) is 88.9 Å². The average molecular weight is 683 g/mol. The van der Waals surface area contributed by atoms with Gasteiger partial charge in [-0.05, 0) is 49.2 Å². The molecule has 0 spiro atoms. The second kappa shape index (κ2) is 15.6. The van der Waals surface area contributed by atoms with Crippen molar-refractivity contribution >= 4 is 50.0 Å². The molecular formula is C27H25F3N6O4S4. The fraction of sp³-hybridized carbons (Fsp3) is 0.185. The van der Waals surface area contributed by atoms with Gasteiger partial charge in [-0.2, -0.15) is 21.6 Å². The van der Waals surface area contributed by atoms with Gasteiger partial charge in [0.15, 0.2) is 0 Å². The molecule has 5 aromatic rings. The summed E-state index contributed by atoms with van der Waals surface area (Å²) in [6.45, 7) is 3.66. The maximum absolute atomic E-state index is 12.3. The molecule has 17 heteroatoms. The first-order valence-electron chi connectivity index (χ1n) is 12.6. The van der Waals surface area contributed by atoms with Crippen molar-refractivity contribution in [1.82, 2.24) is 24.9 Å². The number of nitrogens with two attached hydrogens (primary N) is 1. The van der Waals surface area contributed by atoms with E-state index in [1.54, 1.807) is 49.9 Å². The van der Waals surface area contributed by atoms with E-state index in [-0.39, 0.29) is 5.88 Å². The van der Waals surface area contributed by atoms with Crippen LogP contribution in [0.2, 0.25) is 0 Å². The molecule has 0 radical (unpaired) electrons. The monoisotopic (exact) mass is 682 g/mol. The SMILES string of the molecule is CCc1sc(-c2cccnc2)nc1O.CCc1sc(-c2cccnc2)nc1OS(=O)(=O)C(F)(F)F.NC(=S)c1cccnc1. The van der Waals surface area contributed by atoms with Crippen LogP contribution in [0.5, 0.6) is 11.8 Å². The van der Waals surface area contributed by atoms with Crippen LogP contribution in [0.1, 0.15) is 29.2 Å². The summed E-state index contributed by atoms with van der Waals surface area (Å²) in [7, 11) is -5.72. The van der Waals surface area contributed by atoms with Crippen LogP contribution in [0.15, 0.2) is 73.6 Å². The van der Waals surface area contributed by atoms with E-state index in [2.05, 4.69) is 29.1 Å². The van der Waals surface area contributed by atoms with Crippen LogP contribution in [-0.4, -0.2) is 48.9 Å². The lowest BCUT2D eigenvalue weighted by atomic mass is 10.3. The Morgan fingerprint density at radius 3 is 1.77 bits per heavy atom. The zero-order valence-electron chi connectivity index (χ0n) is 23.1. The highest BCUT2D eigenvalue weighted by molar-refractivity contribution is 7.88. The fourth-order valence-electron chi connectivity index (χ4n) is 3.09. The molecule has 0 bridgehead atoms. The number of alkyl halides is 3. The summed E-state index contributed by atoms with van der Waals surface area (Å²) in [5.41, 5.74) is 2.15. The molecule has 44 heavy (non-hydrogen) atoms. The first-order valence-corrected chi connectivity index (χ1v) is 16.0. The topological polar surface area (TPSA) is 154 Å². The van der Waals surface area contributed by atoms with Gasteiger partial charge in [-0.1, -0.05) is 26.1 Å². The van der Waals surface area contributed by atoms with Gasteiger partial charge in [0.1, 0.15) is 15.0 Å². The molecule has 0 aliphatic rings. The highest BCUT2D eigenvalue weighted by Gasteiger charge is 2.49. The molecule has 0 aromatic carbocycles. The Balaban J connectivity index is 0.000000197. The highest BCUT2D eigenvalue weighted by atomic mass is 32.2. The predicted octanol–water partition coefficient (Wildman–Crippen LogP) is 6.18. The fourth-order valence-corrected chi connectivity index (χ4v) is 5.50. The van der Waals surface area contributed by atoms with Crippen LogP contribution in [-0.2, 0) is 23.0 Å². The van der Waals surface area contributed by atoms with Crippen molar-refractivity contribution in [2.75, 3.05) is 0 Å². The van der Waals surface area contributed by atoms with Gasteiger partial charge < -0.3 is 15.0 Å². The van der Waals surface area contributed by atoms with E-state index >= 15 is 0 Å². The third-order valence-electron chi connectivity index (χ3n) is 5.22. The number of aromatic hydroxyl groups is 1. The van der Waals surface area contributed by atoms with E-state index in [9.17, 15) is 26.7 Å². The molecule has 0 saturated heterocycles. The molecule has 0 aliphatic heterocycles. The van der Waals surface area contributed by atoms with E-state index in [1.807, 2.05) is 25.1 Å². The number of thiocarbonyl (C=S) groups is 1. The van der Waals surface area contributed by atoms with Gasteiger partial charge in [0.25, 0.3) is 0 Å². The summed E-state index contributed by atoms with van der Waals surface area (Å²) >= 11 is 7.27. The second-order valence-electron chi connectivity index (χ2n) is 8.29. The molecule has 0 saturated carbocycles. The molecule has 0 atom stereocenters. The number of nitrogens with zero attached hydrogens (tertiary/aromatic N) is 5. The quantitative estimate of drug-likeness (QED) is 0.115. The zero-order chi connectivity index (χ0) is 32.3. The van der Waals surface area contributed by atoms with Crippen molar-refractivity contribution in [2.45, 2.75) is 32.2 Å². The lowest BCUT2D eigenvalue weighted by molar-refractivity contribution is -0.0501. The van der Waals surface area contributed by atoms with Gasteiger partial charge in [-0.3, -0.25) is 15.0 Å². The van der Waals surface area contributed by atoms with Crippen molar-refractivity contribution in [2.24, 2.45) is 5.73 Å². The van der Waals surface area contributed by atoms with E-state index in [1.165, 1.54) is 23.7 Å². The van der Waals surface area contributed by atoms with Gasteiger partial charge in [0, 0.05) is 53.9 Å². The number of aryl methyl sites for hydroxylation is 2. The van der Waals surface area contributed by atoms with Gasteiger partial charge in [0.05, 0.1) is 9.75 Å². The summed E-state index contributed by atoms with van der Waals surface area (Å²) in [5.74, 6) is -0.393. The Kier molecular flexibility index (Phi) is 12.2. The van der Waals surface area contributed by atoms with Gasteiger partial charge in [-0.15, -0.1) is 22.7 Å². The number of aromatic nitrogens is 5. The second-order valence-corrected chi connectivity index (χ2v) is 12.4. The average Bonchev–Trinajstić information content (AvgIpc) is 3.61.